The molecular weight excluding hydrogens is 329 g/mol. The molecule has 2 aromatic carbocycles. The number of hydroxylamine groups is 2. The van der Waals surface area contributed by atoms with Crippen LogP contribution in [-0.2, 0) is 11.3 Å². The number of carbonyl (C=O) groups excluding carboxylic acids is 1. The zero-order chi connectivity index (χ0) is 18.4. The van der Waals surface area contributed by atoms with E-state index in [2.05, 4.69) is 11.8 Å². The molecule has 0 heterocycles. The Kier molecular flexibility index (Phi) is 5.70. The summed E-state index contributed by atoms with van der Waals surface area (Å²) in [6.07, 6.45) is 4.20. The highest BCUT2D eigenvalue weighted by Crippen LogP contribution is 2.37. The van der Waals surface area contributed by atoms with E-state index >= 15 is 0 Å². The zero-order valence-corrected chi connectivity index (χ0v) is 14.6. The minimum absolute atomic E-state index is 0.0217. The number of carbonyl (C=O) groups is 1. The van der Waals surface area contributed by atoms with Crippen LogP contribution in [0.5, 0.6) is 0 Å². The second kappa shape index (κ2) is 8.16. The Balaban J connectivity index is 1.81. The van der Waals surface area contributed by atoms with E-state index in [0.29, 0.717) is 18.4 Å². The van der Waals surface area contributed by atoms with E-state index in [0.717, 1.165) is 29.9 Å². The van der Waals surface area contributed by atoms with Gasteiger partial charge in [-0.1, -0.05) is 61.4 Å². The topological polar surface area (TPSA) is 40.5 Å². The van der Waals surface area contributed by atoms with Gasteiger partial charge in [-0.15, -0.1) is 0 Å². The summed E-state index contributed by atoms with van der Waals surface area (Å²) in [5, 5.41) is 11.1. The molecule has 0 bridgehead atoms. The van der Waals surface area contributed by atoms with Crippen LogP contribution in [0, 0.1) is 23.1 Å². The van der Waals surface area contributed by atoms with Crippen molar-refractivity contribution in [3.05, 3.63) is 71.5 Å². The Bertz CT molecular complexity index is 800. The number of nitrogens with zero attached hydrogens (tertiary/aromatic N) is 1. The van der Waals surface area contributed by atoms with Gasteiger partial charge < -0.3 is 0 Å². The smallest absolute Gasteiger partial charge is 0.264 e. The molecule has 134 valence electrons. The molecule has 0 atom stereocenters. The Morgan fingerprint density at radius 2 is 1.69 bits per heavy atom. The number of halogens is 1. The maximum absolute atomic E-state index is 13.0. The maximum Gasteiger partial charge on any atom is 0.264 e. The first kappa shape index (κ1) is 18.2. The second-order valence-electron chi connectivity index (χ2n) is 6.75. The third-order valence-corrected chi connectivity index (χ3v) is 4.82. The van der Waals surface area contributed by atoms with Crippen LogP contribution in [0.25, 0.3) is 0 Å². The highest BCUT2D eigenvalue weighted by Gasteiger charge is 2.40. The zero-order valence-electron chi connectivity index (χ0n) is 14.6. The van der Waals surface area contributed by atoms with Gasteiger partial charge >= 0.3 is 0 Å². The molecule has 1 N–H and O–H groups in total. The summed E-state index contributed by atoms with van der Waals surface area (Å²) in [5.74, 6) is 5.55. The van der Waals surface area contributed by atoms with Gasteiger partial charge in [-0.05, 0) is 42.7 Å². The summed E-state index contributed by atoms with van der Waals surface area (Å²) in [4.78, 5) is 13.0. The average Bonchev–Trinajstić information content (AvgIpc) is 2.69. The van der Waals surface area contributed by atoms with Gasteiger partial charge in [0, 0.05) is 5.56 Å². The predicted molar refractivity (Wildman–Crippen MR) is 97.6 cm³/mol. The first-order chi connectivity index (χ1) is 12.6. The van der Waals surface area contributed by atoms with Crippen molar-refractivity contribution in [1.29, 1.82) is 0 Å². The molecule has 1 amide bonds. The lowest BCUT2D eigenvalue weighted by atomic mass is 9.73. The van der Waals surface area contributed by atoms with Gasteiger partial charge in [-0.25, -0.2) is 9.45 Å². The van der Waals surface area contributed by atoms with Gasteiger partial charge in [0.2, 0.25) is 0 Å². The molecule has 1 fully saturated rings. The minimum Gasteiger partial charge on any atom is -0.286 e. The van der Waals surface area contributed by atoms with Crippen LogP contribution >= 0.6 is 0 Å². The van der Waals surface area contributed by atoms with E-state index in [4.69, 9.17) is 0 Å². The molecule has 1 aliphatic rings. The number of benzene rings is 2. The molecule has 26 heavy (non-hydrogen) atoms. The van der Waals surface area contributed by atoms with Crippen molar-refractivity contribution in [3.8, 4) is 11.8 Å². The quantitative estimate of drug-likeness (QED) is 0.501. The van der Waals surface area contributed by atoms with E-state index < -0.39 is 5.41 Å². The second-order valence-corrected chi connectivity index (χ2v) is 6.75. The summed E-state index contributed by atoms with van der Waals surface area (Å²) < 4.78 is 13.0. The molecule has 1 saturated carbocycles. The molecule has 0 aromatic heterocycles. The van der Waals surface area contributed by atoms with E-state index in [1.165, 1.54) is 12.1 Å². The predicted octanol–water partition coefficient (Wildman–Crippen LogP) is 4.55. The van der Waals surface area contributed by atoms with Crippen LogP contribution in [0.4, 0.5) is 4.39 Å². The summed E-state index contributed by atoms with van der Waals surface area (Å²) in [7, 11) is 0. The first-order valence-corrected chi connectivity index (χ1v) is 8.93. The molecule has 0 radical (unpaired) electrons. The van der Waals surface area contributed by atoms with E-state index in [1.54, 1.807) is 12.1 Å². The van der Waals surface area contributed by atoms with Crippen LogP contribution in [-0.4, -0.2) is 16.2 Å². The molecule has 1 aliphatic carbocycles. The Morgan fingerprint density at radius 1 is 1.04 bits per heavy atom. The first-order valence-electron chi connectivity index (χ1n) is 8.93. The monoisotopic (exact) mass is 351 g/mol. The largest absolute Gasteiger partial charge is 0.286 e. The van der Waals surface area contributed by atoms with E-state index in [1.807, 2.05) is 30.3 Å². The minimum atomic E-state index is -0.858. The molecule has 3 nitrogen and oxygen atoms in total. The Hall–Kier alpha value is -2.64. The van der Waals surface area contributed by atoms with Crippen molar-refractivity contribution in [1.82, 2.24) is 5.06 Å². The number of hydrogen-bond acceptors (Lipinski definition) is 2. The summed E-state index contributed by atoms with van der Waals surface area (Å²) in [6.45, 7) is 0.0217. The van der Waals surface area contributed by atoms with E-state index in [9.17, 15) is 14.4 Å². The van der Waals surface area contributed by atoms with Crippen LogP contribution in [0.15, 0.2) is 54.6 Å². The van der Waals surface area contributed by atoms with Crippen molar-refractivity contribution in [2.24, 2.45) is 5.41 Å². The molecule has 4 heteroatoms. The third kappa shape index (κ3) is 4.30. The fourth-order valence-corrected chi connectivity index (χ4v) is 3.34. The van der Waals surface area contributed by atoms with Gasteiger partial charge in [0.25, 0.3) is 5.91 Å². The summed E-state index contributed by atoms with van der Waals surface area (Å²) >= 11 is 0. The van der Waals surface area contributed by atoms with Crippen molar-refractivity contribution >= 4 is 5.91 Å². The van der Waals surface area contributed by atoms with Gasteiger partial charge in [0.05, 0.1) is 6.54 Å². The summed E-state index contributed by atoms with van der Waals surface area (Å²) in [6, 6.07) is 15.3. The number of rotatable bonds is 3. The van der Waals surface area contributed by atoms with Crippen LogP contribution in [0.3, 0.4) is 0 Å². The molecule has 2 aromatic rings. The van der Waals surface area contributed by atoms with Crippen molar-refractivity contribution in [2.45, 2.75) is 38.6 Å². The molecule has 0 aliphatic heterocycles. The molecular formula is C22H22FNO2. The van der Waals surface area contributed by atoms with Crippen molar-refractivity contribution in [2.75, 3.05) is 0 Å². The summed E-state index contributed by atoms with van der Waals surface area (Å²) in [5.41, 5.74) is 0.667. The van der Waals surface area contributed by atoms with E-state index in [-0.39, 0.29) is 18.3 Å². The van der Waals surface area contributed by atoms with Crippen LogP contribution in [0.1, 0.15) is 43.2 Å². The Labute approximate surface area is 153 Å². The third-order valence-electron chi connectivity index (χ3n) is 4.82. The highest BCUT2D eigenvalue weighted by atomic mass is 19.1. The van der Waals surface area contributed by atoms with Gasteiger partial charge in [-0.2, -0.15) is 0 Å². The lowest BCUT2D eigenvalue weighted by Gasteiger charge is -2.33. The van der Waals surface area contributed by atoms with Crippen molar-refractivity contribution in [3.63, 3.8) is 0 Å². The normalized spacial score (nSPS) is 15.6. The fourth-order valence-electron chi connectivity index (χ4n) is 3.34. The molecule has 0 saturated heterocycles. The SMILES string of the molecule is O=C(N(O)Cc1ccc(F)cc1)C1(C#Cc2ccccc2)CCCCC1. The molecule has 3 rings (SSSR count). The Morgan fingerprint density at radius 3 is 2.35 bits per heavy atom. The average molecular weight is 351 g/mol. The van der Waals surface area contributed by atoms with Crippen molar-refractivity contribution < 1.29 is 14.4 Å². The number of hydrogen-bond donors (Lipinski definition) is 1. The fraction of sp³-hybridized carbons (Fsp3) is 0.318. The lowest BCUT2D eigenvalue weighted by Crippen LogP contribution is -2.42. The highest BCUT2D eigenvalue weighted by molar-refractivity contribution is 5.85. The standard InChI is InChI=1S/C22H22FNO2/c23-20-11-9-19(10-12-20)17-24(26)21(25)22(14-5-2-6-15-22)16-13-18-7-3-1-4-8-18/h1,3-4,7-12,26H,2,5-6,14-15,17H2. The molecule has 0 spiro atoms. The number of amides is 1. The van der Waals surface area contributed by atoms with Gasteiger partial charge in [0.1, 0.15) is 11.2 Å². The molecule has 0 unspecified atom stereocenters. The van der Waals surface area contributed by atoms with Gasteiger partial charge in [0.15, 0.2) is 0 Å². The van der Waals surface area contributed by atoms with Gasteiger partial charge in [-0.3, -0.25) is 10.0 Å². The van der Waals surface area contributed by atoms with Crippen LogP contribution < -0.4 is 0 Å². The lowest BCUT2D eigenvalue weighted by molar-refractivity contribution is -0.178. The van der Waals surface area contributed by atoms with Crippen LogP contribution in [0.2, 0.25) is 0 Å². The maximum atomic E-state index is 13.0.